The molecule has 1 rings (SSSR count). The number of oxime groups is 1. The third-order valence-corrected chi connectivity index (χ3v) is 3.02. The second-order valence-electron chi connectivity index (χ2n) is 4.69. The van der Waals surface area contributed by atoms with Crippen LogP contribution < -0.4 is 11.1 Å². The smallest absolute Gasteiger partial charge is 0.141 e. The van der Waals surface area contributed by atoms with E-state index in [-0.39, 0.29) is 24.5 Å². The molecule has 5 N–H and O–H groups in total. The van der Waals surface area contributed by atoms with E-state index in [0.29, 0.717) is 6.42 Å². The molecule has 2 atom stereocenters. The highest BCUT2D eigenvalue weighted by atomic mass is 16.4. The largest absolute Gasteiger partial charge is 0.409 e. The van der Waals surface area contributed by atoms with Gasteiger partial charge in [-0.25, -0.2) is 0 Å². The first-order valence-corrected chi connectivity index (χ1v) is 6.55. The molecule has 0 aliphatic carbocycles. The van der Waals surface area contributed by atoms with E-state index in [1.807, 2.05) is 30.3 Å². The third kappa shape index (κ3) is 5.72. The highest BCUT2D eigenvalue weighted by Crippen LogP contribution is 2.18. The van der Waals surface area contributed by atoms with Gasteiger partial charge in [-0.3, -0.25) is 0 Å². The molecule has 19 heavy (non-hydrogen) atoms. The van der Waals surface area contributed by atoms with Crippen molar-refractivity contribution >= 4 is 5.84 Å². The number of hydrogen-bond acceptors (Lipinski definition) is 4. The van der Waals surface area contributed by atoms with Gasteiger partial charge in [-0.15, -0.1) is 0 Å². The van der Waals surface area contributed by atoms with Crippen LogP contribution in [-0.4, -0.2) is 28.8 Å². The van der Waals surface area contributed by atoms with Crippen LogP contribution in [0.3, 0.4) is 0 Å². The molecule has 0 aliphatic heterocycles. The van der Waals surface area contributed by atoms with Crippen molar-refractivity contribution in [2.75, 3.05) is 6.61 Å². The summed E-state index contributed by atoms with van der Waals surface area (Å²) in [7, 11) is 0. The molecule has 0 bridgehead atoms. The Hall–Kier alpha value is -1.59. The van der Waals surface area contributed by atoms with E-state index < -0.39 is 0 Å². The summed E-state index contributed by atoms with van der Waals surface area (Å²) in [4.78, 5) is 0. The van der Waals surface area contributed by atoms with Crippen molar-refractivity contribution in [1.29, 1.82) is 0 Å². The standard InChI is InChI=1S/C14H23N3O2/c1-11(6-5-9-18)16-13(10-14(15)17-19)12-7-3-2-4-8-12/h2-4,7-8,11,13,16,18-19H,5-6,9-10H2,1H3,(H2,15,17). The molecule has 0 spiro atoms. The van der Waals surface area contributed by atoms with Gasteiger partial charge in [0.25, 0.3) is 0 Å². The average molecular weight is 265 g/mol. The van der Waals surface area contributed by atoms with Crippen molar-refractivity contribution in [3.05, 3.63) is 35.9 Å². The number of nitrogens with one attached hydrogen (secondary N) is 1. The number of aliphatic hydroxyl groups excluding tert-OH is 1. The van der Waals surface area contributed by atoms with E-state index in [1.165, 1.54) is 0 Å². The van der Waals surface area contributed by atoms with Crippen molar-refractivity contribution in [2.45, 2.75) is 38.3 Å². The SMILES string of the molecule is CC(CCCO)NC(CC(N)=NO)c1ccccc1. The lowest BCUT2D eigenvalue weighted by Gasteiger charge is -2.23. The van der Waals surface area contributed by atoms with Crippen LogP contribution in [0.25, 0.3) is 0 Å². The molecule has 0 aromatic heterocycles. The predicted molar refractivity (Wildman–Crippen MR) is 76.1 cm³/mol. The molecule has 0 aliphatic rings. The molecule has 5 nitrogen and oxygen atoms in total. The Bertz CT molecular complexity index is 382. The molecule has 1 aromatic carbocycles. The van der Waals surface area contributed by atoms with E-state index in [9.17, 15) is 0 Å². The monoisotopic (exact) mass is 265 g/mol. The summed E-state index contributed by atoms with van der Waals surface area (Å²) >= 11 is 0. The van der Waals surface area contributed by atoms with Gasteiger partial charge in [0.15, 0.2) is 0 Å². The van der Waals surface area contributed by atoms with Crippen LogP contribution in [0.5, 0.6) is 0 Å². The first kappa shape index (κ1) is 15.5. The Kier molecular flexibility index (Phi) is 6.92. The lowest BCUT2D eigenvalue weighted by molar-refractivity contribution is 0.273. The fourth-order valence-corrected chi connectivity index (χ4v) is 2.03. The zero-order chi connectivity index (χ0) is 14.1. The van der Waals surface area contributed by atoms with Gasteiger partial charge in [0, 0.05) is 25.1 Å². The summed E-state index contributed by atoms with van der Waals surface area (Å²) in [5.74, 6) is 0.204. The van der Waals surface area contributed by atoms with Gasteiger partial charge in [-0.1, -0.05) is 35.5 Å². The predicted octanol–water partition coefficient (Wildman–Crippen LogP) is 1.61. The van der Waals surface area contributed by atoms with E-state index in [2.05, 4.69) is 17.4 Å². The van der Waals surface area contributed by atoms with Gasteiger partial charge in [-0.05, 0) is 25.3 Å². The van der Waals surface area contributed by atoms with Gasteiger partial charge in [0.1, 0.15) is 5.84 Å². The Morgan fingerprint density at radius 3 is 2.63 bits per heavy atom. The van der Waals surface area contributed by atoms with Crippen LogP contribution in [0.15, 0.2) is 35.5 Å². The lowest BCUT2D eigenvalue weighted by Crippen LogP contribution is -2.33. The highest BCUT2D eigenvalue weighted by Gasteiger charge is 2.15. The Labute approximate surface area is 114 Å². The molecule has 0 heterocycles. The zero-order valence-corrected chi connectivity index (χ0v) is 11.3. The molecule has 0 saturated carbocycles. The maximum atomic E-state index is 8.85. The summed E-state index contributed by atoms with van der Waals surface area (Å²) in [6.07, 6.45) is 2.10. The van der Waals surface area contributed by atoms with E-state index in [1.54, 1.807) is 0 Å². The molecule has 0 amide bonds. The molecule has 0 radical (unpaired) electrons. The molecule has 0 saturated heterocycles. The van der Waals surface area contributed by atoms with Gasteiger partial charge in [0.2, 0.25) is 0 Å². The molecule has 5 heteroatoms. The van der Waals surface area contributed by atoms with Gasteiger partial charge in [0.05, 0.1) is 0 Å². The van der Waals surface area contributed by atoms with E-state index in [0.717, 1.165) is 18.4 Å². The second-order valence-corrected chi connectivity index (χ2v) is 4.69. The van der Waals surface area contributed by atoms with Crippen LogP contribution in [-0.2, 0) is 0 Å². The molecular weight excluding hydrogens is 242 g/mol. The molecule has 2 unspecified atom stereocenters. The van der Waals surface area contributed by atoms with Crippen LogP contribution in [0.2, 0.25) is 0 Å². The summed E-state index contributed by atoms with van der Waals surface area (Å²) in [5, 5.41) is 24.0. The number of nitrogens with zero attached hydrogens (tertiary/aromatic N) is 1. The summed E-state index contributed by atoms with van der Waals surface area (Å²) in [6.45, 7) is 2.26. The van der Waals surface area contributed by atoms with Crippen LogP contribution in [0.4, 0.5) is 0 Å². The lowest BCUT2D eigenvalue weighted by atomic mass is 10.0. The minimum atomic E-state index is 0.00536. The van der Waals surface area contributed by atoms with Crippen LogP contribution in [0, 0.1) is 0 Å². The summed E-state index contributed by atoms with van der Waals surface area (Å²) in [5.41, 5.74) is 6.71. The van der Waals surface area contributed by atoms with Crippen molar-refractivity contribution in [3.8, 4) is 0 Å². The minimum Gasteiger partial charge on any atom is -0.409 e. The van der Waals surface area contributed by atoms with E-state index >= 15 is 0 Å². The van der Waals surface area contributed by atoms with Crippen molar-refractivity contribution in [2.24, 2.45) is 10.9 Å². The maximum absolute atomic E-state index is 8.85. The zero-order valence-electron chi connectivity index (χ0n) is 11.3. The highest BCUT2D eigenvalue weighted by molar-refractivity contribution is 5.80. The fourth-order valence-electron chi connectivity index (χ4n) is 2.03. The number of hydrogen-bond donors (Lipinski definition) is 4. The molecule has 1 aromatic rings. The molecular formula is C14H23N3O2. The van der Waals surface area contributed by atoms with Gasteiger partial charge >= 0.3 is 0 Å². The third-order valence-electron chi connectivity index (χ3n) is 3.02. The van der Waals surface area contributed by atoms with E-state index in [4.69, 9.17) is 16.0 Å². The number of amidine groups is 1. The average Bonchev–Trinajstić information content (AvgIpc) is 2.45. The van der Waals surface area contributed by atoms with Gasteiger partial charge < -0.3 is 21.4 Å². The number of nitrogens with two attached hydrogens (primary N) is 1. The summed E-state index contributed by atoms with van der Waals surface area (Å²) in [6, 6.07) is 10.2. The molecule has 106 valence electrons. The second kappa shape index (κ2) is 8.50. The Morgan fingerprint density at radius 2 is 2.05 bits per heavy atom. The number of benzene rings is 1. The maximum Gasteiger partial charge on any atom is 0.141 e. The fraction of sp³-hybridized carbons (Fsp3) is 0.500. The normalized spacial score (nSPS) is 15.2. The first-order valence-electron chi connectivity index (χ1n) is 6.55. The van der Waals surface area contributed by atoms with Crippen molar-refractivity contribution < 1.29 is 10.3 Å². The number of rotatable bonds is 8. The van der Waals surface area contributed by atoms with Crippen molar-refractivity contribution in [3.63, 3.8) is 0 Å². The van der Waals surface area contributed by atoms with Crippen LogP contribution >= 0.6 is 0 Å². The molecule has 0 fully saturated rings. The van der Waals surface area contributed by atoms with Crippen molar-refractivity contribution in [1.82, 2.24) is 5.32 Å². The first-order chi connectivity index (χ1) is 9.17. The van der Waals surface area contributed by atoms with Gasteiger partial charge in [-0.2, -0.15) is 0 Å². The van der Waals surface area contributed by atoms with Crippen LogP contribution in [0.1, 0.15) is 37.8 Å². The quantitative estimate of drug-likeness (QED) is 0.249. The Balaban J connectivity index is 2.70. The minimum absolute atomic E-state index is 0.00536. The number of aliphatic hydroxyl groups is 1. The topological polar surface area (TPSA) is 90.9 Å². The Morgan fingerprint density at radius 1 is 1.37 bits per heavy atom. The summed E-state index contributed by atoms with van der Waals surface area (Å²) < 4.78 is 0.